The van der Waals surface area contributed by atoms with Crippen molar-refractivity contribution in [2.24, 2.45) is 7.05 Å². The number of hydrogen-bond donors (Lipinski definition) is 1. The largest absolute Gasteiger partial charge is 0.336 e. The minimum absolute atomic E-state index is 0.0345. The molecule has 2 rings (SSSR count). The van der Waals surface area contributed by atoms with Gasteiger partial charge in [0.2, 0.25) is 0 Å². The summed E-state index contributed by atoms with van der Waals surface area (Å²) in [4.78, 5) is 4.11. The van der Waals surface area contributed by atoms with E-state index in [1.807, 2.05) is 11.6 Å². The molecule has 0 aliphatic heterocycles. The summed E-state index contributed by atoms with van der Waals surface area (Å²) in [5.74, 6) is -1.62. The van der Waals surface area contributed by atoms with Crippen molar-refractivity contribution in [3.8, 4) is 0 Å². The molecule has 0 bridgehead atoms. The predicted octanol–water partition coefficient (Wildman–Crippen LogP) is 2.98. The van der Waals surface area contributed by atoms with E-state index in [-0.39, 0.29) is 6.04 Å². The van der Waals surface area contributed by atoms with Crippen LogP contribution in [0.4, 0.5) is 8.78 Å². The van der Waals surface area contributed by atoms with Gasteiger partial charge in [-0.3, -0.25) is 0 Å². The summed E-state index contributed by atoms with van der Waals surface area (Å²) < 4.78 is 28.2. The molecule has 1 atom stereocenters. The number of imidazole rings is 1. The molecule has 0 aliphatic rings. The Morgan fingerprint density at radius 1 is 1.30 bits per heavy atom. The fourth-order valence-electron chi connectivity index (χ4n) is 2.21. The molecular formula is C15H19F2N3. The van der Waals surface area contributed by atoms with Crippen LogP contribution in [0.2, 0.25) is 0 Å². The Kier molecular flexibility index (Phi) is 4.84. The van der Waals surface area contributed by atoms with E-state index in [1.165, 1.54) is 12.1 Å². The van der Waals surface area contributed by atoms with Gasteiger partial charge in [0.25, 0.3) is 0 Å². The third-order valence-corrected chi connectivity index (χ3v) is 3.28. The highest BCUT2D eigenvalue weighted by molar-refractivity contribution is 5.21. The zero-order valence-electron chi connectivity index (χ0n) is 11.7. The van der Waals surface area contributed by atoms with Crippen molar-refractivity contribution in [2.75, 3.05) is 6.54 Å². The molecule has 1 aromatic heterocycles. The molecule has 1 heterocycles. The molecule has 108 valence electrons. The monoisotopic (exact) mass is 279 g/mol. The highest BCUT2D eigenvalue weighted by Gasteiger charge is 2.15. The molecule has 0 spiro atoms. The third-order valence-electron chi connectivity index (χ3n) is 3.28. The Labute approximate surface area is 117 Å². The zero-order valence-corrected chi connectivity index (χ0v) is 11.7. The van der Waals surface area contributed by atoms with Gasteiger partial charge in [-0.1, -0.05) is 13.0 Å². The summed E-state index contributed by atoms with van der Waals surface area (Å²) in [5, 5.41) is 3.42. The maximum absolute atomic E-state index is 13.3. The summed E-state index contributed by atoms with van der Waals surface area (Å²) >= 11 is 0. The van der Waals surface area contributed by atoms with Gasteiger partial charge in [-0.15, -0.1) is 0 Å². The van der Waals surface area contributed by atoms with E-state index in [2.05, 4.69) is 17.2 Å². The second kappa shape index (κ2) is 6.61. The second-order valence-electron chi connectivity index (χ2n) is 4.89. The molecule has 3 nitrogen and oxygen atoms in total. The van der Waals surface area contributed by atoms with Gasteiger partial charge in [-0.2, -0.15) is 0 Å². The Bertz CT molecular complexity index is 566. The van der Waals surface area contributed by atoms with Gasteiger partial charge in [0, 0.05) is 13.2 Å². The van der Waals surface area contributed by atoms with Gasteiger partial charge >= 0.3 is 0 Å². The van der Waals surface area contributed by atoms with Gasteiger partial charge in [-0.05, 0) is 37.1 Å². The Hall–Kier alpha value is -1.75. The molecular weight excluding hydrogens is 260 g/mol. The van der Waals surface area contributed by atoms with Crippen LogP contribution in [0.25, 0.3) is 0 Å². The number of nitrogens with zero attached hydrogens (tertiary/aromatic N) is 2. The van der Waals surface area contributed by atoms with E-state index in [0.717, 1.165) is 24.2 Å². The average Bonchev–Trinajstić information content (AvgIpc) is 2.85. The second-order valence-corrected chi connectivity index (χ2v) is 4.89. The first-order valence-corrected chi connectivity index (χ1v) is 6.75. The number of benzene rings is 1. The van der Waals surface area contributed by atoms with Crippen LogP contribution in [0, 0.1) is 11.6 Å². The number of hydrogen-bond acceptors (Lipinski definition) is 2. The van der Waals surface area contributed by atoms with E-state index >= 15 is 0 Å². The lowest BCUT2D eigenvalue weighted by atomic mass is 10.0. The first-order valence-electron chi connectivity index (χ1n) is 6.75. The Balaban J connectivity index is 2.19. The van der Waals surface area contributed by atoms with Crippen LogP contribution < -0.4 is 5.32 Å². The van der Waals surface area contributed by atoms with Crippen molar-refractivity contribution in [3.05, 3.63) is 53.6 Å². The van der Waals surface area contributed by atoms with E-state index in [0.29, 0.717) is 6.42 Å². The first kappa shape index (κ1) is 14.7. The fourth-order valence-corrected chi connectivity index (χ4v) is 2.21. The van der Waals surface area contributed by atoms with Crippen molar-refractivity contribution in [3.63, 3.8) is 0 Å². The fraction of sp³-hybridized carbons (Fsp3) is 0.400. The van der Waals surface area contributed by atoms with Crippen LogP contribution in [0.5, 0.6) is 0 Å². The summed E-state index contributed by atoms with van der Waals surface area (Å²) in [6.45, 7) is 2.95. The predicted molar refractivity (Wildman–Crippen MR) is 74.3 cm³/mol. The van der Waals surface area contributed by atoms with Crippen LogP contribution in [-0.4, -0.2) is 16.1 Å². The van der Waals surface area contributed by atoms with E-state index in [9.17, 15) is 8.78 Å². The van der Waals surface area contributed by atoms with Gasteiger partial charge in [0.1, 0.15) is 0 Å². The molecule has 1 N–H and O–H groups in total. The van der Waals surface area contributed by atoms with Crippen molar-refractivity contribution >= 4 is 0 Å². The molecule has 5 heteroatoms. The SMILES string of the molecule is CCCNC(Cc1ccc(F)c(F)c1)c1cncn1C. The lowest BCUT2D eigenvalue weighted by Gasteiger charge is -2.19. The molecule has 2 aromatic rings. The Morgan fingerprint density at radius 2 is 2.10 bits per heavy atom. The standard InChI is InChI=1S/C15H19F2N3/c1-3-6-19-14(15-9-18-10-20(15)2)8-11-4-5-12(16)13(17)7-11/h4-5,7,9-10,14,19H,3,6,8H2,1-2H3. The summed E-state index contributed by atoms with van der Waals surface area (Å²) in [5.41, 5.74) is 1.79. The normalized spacial score (nSPS) is 12.6. The maximum atomic E-state index is 13.3. The summed E-state index contributed by atoms with van der Waals surface area (Å²) in [6.07, 6.45) is 5.14. The minimum Gasteiger partial charge on any atom is -0.336 e. The number of halogens is 2. The molecule has 0 radical (unpaired) electrons. The van der Waals surface area contributed by atoms with Crippen LogP contribution in [0.1, 0.15) is 30.6 Å². The molecule has 1 unspecified atom stereocenters. The highest BCUT2D eigenvalue weighted by atomic mass is 19.2. The van der Waals surface area contributed by atoms with Crippen molar-refractivity contribution in [1.29, 1.82) is 0 Å². The average molecular weight is 279 g/mol. The topological polar surface area (TPSA) is 29.9 Å². The lowest BCUT2D eigenvalue weighted by Crippen LogP contribution is -2.25. The smallest absolute Gasteiger partial charge is 0.159 e. The van der Waals surface area contributed by atoms with Crippen molar-refractivity contribution in [1.82, 2.24) is 14.9 Å². The van der Waals surface area contributed by atoms with E-state index in [1.54, 1.807) is 18.6 Å². The highest BCUT2D eigenvalue weighted by Crippen LogP contribution is 2.19. The van der Waals surface area contributed by atoms with Gasteiger partial charge in [0.15, 0.2) is 11.6 Å². The molecule has 0 amide bonds. The van der Waals surface area contributed by atoms with Crippen molar-refractivity contribution in [2.45, 2.75) is 25.8 Å². The number of aryl methyl sites for hydroxylation is 1. The van der Waals surface area contributed by atoms with Gasteiger partial charge in [0.05, 0.1) is 18.1 Å². The van der Waals surface area contributed by atoms with Crippen LogP contribution >= 0.6 is 0 Å². The molecule has 0 fully saturated rings. The van der Waals surface area contributed by atoms with Gasteiger partial charge < -0.3 is 9.88 Å². The van der Waals surface area contributed by atoms with Gasteiger partial charge in [-0.25, -0.2) is 13.8 Å². The summed E-state index contributed by atoms with van der Waals surface area (Å²) in [7, 11) is 1.92. The third kappa shape index (κ3) is 3.42. The van der Waals surface area contributed by atoms with Crippen molar-refractivity contribution < 1.29 is 8.78 Å². The molecule has 0 saturated heterocycles. The minimum atomic E-state index is -0.813. The van der Waals surface area contributed by atoms with Crippen LogP contribution in [0.3, 0.4) is 0 Å². The lowest BCUT2D eigenvalue weighted by molar-refractivity contribution is 0.491. The molecule has 0 saturated carbocycles. The number of nitrogens with one attached hydrogen (secondary N) is 1. The Morgan fingerprint density at radius 3 is 2.70 bits per heavy atom. The van der Waals surface area contributed by atoms with E-state index < -0.39 is 11.6 Å². The summed E-state index contributed by atoms with van der Waals surface area (Å²) in [6, 6.07) is 4.08. The maximum Gasteiger partial charge on any atom is 0.159 e. The molecule has 20 heavy (non-hydrogen) atoms. The zero-order chi connectivity index (χ0) is 14.5. The molecule has 1 aromatic carbocycles. The quantitative estimate of drug-likeness (QED) is 0.881. The molecule has 0 aliphatic carbocycles. The van der Waals surface area contributed by atoms with E-state index in [4.69, 9.17) is 0 Å². The van der Waals surface area contributed by atoms with Crippen LogP contribution in [0.15, 0.2) is 30.7 Å². The number of rotatable bonds is 6. The van der Waals surface area contributed by atoms with Crippen LogP contribution in [-0.2, 0) is 13.5 Å². The number of aromatic nitrogens is 2. The first-order chi connectivity index (χ1) is 9.61.